The Labute approximate surface area is 147 Å². The van der Waals surface area contributed by atoms with Gasteiger partial charge in [-0.25, -0.2) is 0 Å². The van der Waals surface area contributed by atoms with E-state index in [9.17, 15) is 4.79 Å². The fourth-order valence-corrected chi connectivity index (χ4v) is 4.25. The zero-order valence-corrected chi connectivity index (χ0v) is 15.3. The molecule has 1 N–H and O–H groups in total. The van der Waals surface area contributed by atoms with Crippen LogP contribution in [0.2, 0.25) is 0 Å². The fourth-order valence-electron chi connectivity index (χ4n) is 3.31. The first kappa shape index (κ1) is 17.4. The number of nitrogens with zero attached hydrogens (tertiary/aromatic N) is 1. The molecule has 24 heavy (non-hydrogen) atoms. The van der Waals surface area contributed by atoms with E-state index < -0.39 is 0 Å². The number of hydrogen-bond acceptors (Lipinski definition) is 4. The predicted octanol–water partition coefficient (Wildman–Crippen LogP) is 3.38. The molecule has 1 atom stereocenters. The van der Waals surface area contributed by atoms with Gasteiger partial charge in [-0.3, -0.25) is 9.69 Å². The zero-order chi connectivity index (χ0) is 16.9. The number of hydrogen-bond donors (Lipinski definition) is 1. The van der Waals surface area contributed by atoms with Crippen molar-refractivity contribution in [3.8, 4) is 0 Å². The van der Waals surface area contributed by atoms with Crippen LogP contribution in [0.25, 0.3) is 10.1 Å². The Bertz CT molecular complexity index is 677. The van der Waals surface area contributed by atoms with E-state index in [4.69, 9.17) is 4.74 Å². The van der Waals surface area contributed by atoms with Crippen LogP contribution in [0.15, 0.2) is 29.6 Å². The number of thiophene rings is 1. The van der Waals surface area contributed by atoms with Crippen molar-refractivity contribution in [1.29, 1.82) is 0 Å². The first-order valence-corrected chi connectivity index (χ1v) is 9.59. The third kappa shape index (κ3) is 4.15. The summed E-state index contributed by atoms with van der Waals surface area (Å²) in [7, 11) is 0. The first-order valence-electron chi connectivity index (χ1n) is 8.71. The second-order valence-electron chi connectivity index (χ2n) is 6.79. The monoisotopic (exact) mass is 346 g/mol. The third-order valence-corrected chi connectivity index (χ3v) is 5.49. The van der Waals surface area contributed by atoms with Gasteiger partial charge in [0.15, 0.2) is 0 Å². The maximum absolute atomic E-state index is 12.6. The number of amides is 1. The maximum atomic E-state index is 12.6. The van der Waals surface area contributed by atoms with Crippen molar-refractivity contribution in [2.45, 2.75) is 26.3 Å². The lowest BCUT2D eigenvalue weighted by molar-refractivity contribution is 0.0124. The lowest BCUT2D eigenvalue weighted by atomic mass is 10.0. The molecule has 1 saturated heterocycles. The Kier molecular flexibility index (Phi) is 5.87. The van der Waals surface area contributed by atoms with Crippen LogP contribution in [0, 0.1) is 5.92 Å². The number of morpholine rings is 1. The van der Waals surface area contributed by atoms with Crippen LogP contribution in [0.4, 0.5) is 0 Å². The second-order valence-corrected chi connectivity index (χ2v) is 7.70. The summed E-state index contributed by atoms with van der Waals surface area (Å²) >= 11 is 1.63. The van der Waals surface area contributed by atoms with Gasteiger partial charge in [0.1, 0.15) is 0 Å². The van der Waals surface area contributed by atoms with Gasteiger partial charge in [-0.2, -0.15) is 0 Å². The van der Waals surface area contributed by atoms with Crippen molar-refractivity contribution < 1.29 is 9.53 Å². The van der Waals surface area contributed by atoms with E-state index in [0.29, 0.717) is 18.5 Å². The molecule has 1 fully saturated rings. The summed E-state index contributed by atoms with van der Waals surface area (Å²) in [4.78, 5) is 15.1. The Hall–Kier alpha value is -1.43. The normalized spacial score (nSPS) is 17.3. The molecule has 0 radical (unpaired) electrons. The van der Waals surface area contributed by atoms with Crippen molar-refractivity contribution in [2.24, 2.45) is 5.92 Å². The minimum absolute atomic E-state index is 0.0365. The first-order chi connectivity index (χ1) is 11.6. The SMILES string of the molecule is CC(C)CC(CNC(=O)c1csc2ccccc12)N1CCOCC1. The molecule has 5 heteroatoms. The highest BCUT2D eigenvalue weighted by atomic mass is 32.1. The molecule has 0 aliphatic carbocycles. The Morgan fingerprint density at radius 2 is 2.04 bits per heavy atom. The summed E-state index contributed by atoms with van der Waals surface area (Å²) in [6.07, 6.45) is 1.09. The molecule has 2 heterocycles. The van der Waals surface area contributed by atoms with Crippen LogP contribution >= 0.6 is 11.3 Å². The van der Waals surface area contributed by atoms with Gasteiger partial charge in [0.2, 0.25) is 0 Å². The average Bonchev–Trinajstić information content (AvgIpc) is 3.03. The molecule has 0 spiro atoms. The lowest BCUT2D eigenvalue weighted by Crippen LogP contribution is -2.49. The van der Waals surface area contributed by atoms with Gasteiger partial charge < -0.3 is 10.1 Å². The summed E-state index contributed by atoms with van der Waals surface area (Å²) in [6, 6.07) is 8.46. The van der Waals surface area contributed by atoms with Crippen LogP contribution < -0.4 is 5.32 Å². The van der Waals surface area contributed by atoms with Gasteiger partial charge in [-0.05, 0) is 18.4 Å². The molecule has 1 aromatic heterocycles. The molecule has 0 bridgehead atoms. The van der Waals surface area contributed by atoms with Crippen molar-refractivity contribution in [3.05, 3.63) is 35.2 Å². The predicted molar refractivity (Wildman–Crippen MR) is 99.8 cm³/mol. The quantitative estimate of drug-likeness (QED) is 0.872. The number of ether oxygens (including phenoxy) is 1. The number of nitrogens with one attached hydrogen (secondary N) is 1. The second kappa shape index (κ2) is 8.10. The summed E-state index contributed by atoms with van der Waals surface area (Å²) in [6.45, 7) is 8.66. The summed E-state index contributed by atoms with van der Waals surface area (Å²) in [5, 5.41) is 6.18. The fraction of sp³-hybridized carbons (Fsp3) is 0.526. The van der Waals surface area contributed by atoms with Gasteiger partial charge in [0.05, 0.1) is 18.8 Å². The molecule has 1 aromatic carbocycles. The number of fused-ring (bicyclic) bond motifs is 1. The third-order valence-electron chi connectivity index (χ3n) is 4.53. The average molecular weight is 346 g/mol. The topological polar surface area (TPSA) is 41.6 Å². The molecule has 2 aromatic rings. The number of rotatable bonds is 6. The summed E-state index contributed by atoms with van der Waals surface area (Å²) in [5.74, 6) is 0.645. The van der Waals surface area contributed by atoms with E-state index in [0.717, 1.165) is 48.4 Å². The van der Waals surface area contributed by atoms with E-state index in [-0.39, 0.29) is 5.91 Å². The lowest BCUT2D eigenvalue weighted by Gasteiger charge is -2.35. The van der Waals surface area contributed by atoms with Gasteiger partial charge in [-0.15, -0.1) is 11.3 Å². The van der Waals surface area contributed by atoms with Crippen LogP contribution in [-0.2, 0) is 4.74 Å². The highest BCUT2D eigenvalue weighted by Gasteiger charge is 2.23. The Morgan fingerprint density at radius 1 is 1.29 bits per heavy atom. The summed E-state index contributed by atoms with van der Waals surface area (Å²) < 4.78 is 6.62. The Balaban J connectivity index is 1.65. The molecule has 1 amide bonds. The van der Waals surface area contributed by atoms with E-state index in [1.165, 1.54) is 0 Å². The van der Waals surface area contributed by atoms with E-state index in [1.807, 2.05) is 23.6 Å². The number of carbonyl (C=O) groups excluding carboxylic acids is 1. The summed E-state index contributed by atoms with van der Waals surface area (Å²) in [5.41, 5.74) is 0.792. The largest absolute Gasteiger partial charge is 0.379 e. The molecule has 4 nitrogen and oxygen atoms in total. The van der Waals surface area contributed by atoms with E-state index >= 15 is 0 Å². The molecule has 130 valence electrons. The standard InChI is InChI=1S/C19H26N2O2S/c1-14(2)11-15(21-7-9-23-10-8-21)12-20-19(22)17-13-24-18-6-4-3-5-16(17)18/h3-6,13-15H,7-12H2,1-2H3,(H,20,22). The van der Waals surface area contributed by atoms with Crippen molar-refractivity contribution in [1.82, 2.24) is 10.2 Å². The molecular weight excluding hydrogens is 320 g/mol. The van der Waals surface area contributed by atoms with E-state index in [2.05, 4.69) is 30.1 Å². The van der Waals surface area contributed by atoms with Gasteiger partial charge in [0, 0.05) is 41.1 Å². The molecular formula is C19H26N2O2S. The number of benzene rings is 1. The number of carbonyl (C=O) groups is 1. The van der Waals surface area contributed by atoms with Crippen LogP contribution in [0.1, 0.15) is 30.6 Å². The van der Waals surface area contributed by atoms with Crippen molar-refractivity contribution in [2.75, 3.05) is 32.8 Å². The van der Waals surface area contributed by atoms with Crippen LogP contribution in [-0.4, -0.2) is 49.7 Å². The molecule has 1 unspecified atom stereocenters. The van der Waals surface area contributed by atoms with Gasteiger partial charge >= 0.3 is 0 Å². The minimum Gasteiger partial charge on any atom is -0.379 e. The van der Waals surface area contributed by atoms with Gasteiger partial charge in [0.25, 0.3) is 5.91 Å². The van der Waals surface area contributed by atoms with Crippen LogP contribution in [0.5, 0.6) is 0 Å². The van der Waals surface area contributed by atoms with Crippen LogP contribution in [0.3, 0.4) is 0 Å². The minimum atomic E-state index is 0.0365. The Morgan fingerprint density at radius 3 is 2.79 bits per heavy atom. The molecule has 0 saturated carbocycles. The smallest absolute Gasteiger partial charge is 0.252 e. The van der Waals surface area contributed by atoms with Crippen molar-refractivity contribution >= 4 is 27.3 Å². The van der Waals surface area contributed by atoms with E-state index in [1.54, 1.807) is 11.3 Å². The van der Waals surface area contributed by atoms with Gasteiger partial charge in [-0.1, -0.05) is 32.0 Å². The van der Waals surface area contributed by atoms with Crippen molar-refractivity contribution in [3.63, 3.8) is 0 Å². The highest BCUT2D eigenvalue weighted by molar-refractivity contribution is 7.17. The highest BCUT2D eigenvalue weighted by Crippen LogP contribution is 2.25. The zero-order valence-electron chi connectivity index (χ0n) is 14.5. The molecule has 3 rings (SSSR count). The molecule has 1 aliphatic heterocycles. The molecule has 1 aliphatic rings. The maximum Gasteiger partial charge on any atom is 0.252 e.